The topological polar surface area (TPSA) is 63.6 Å². The second-order valence-corrected chi connectivity index (χ2v) is 5.79. The summed E-state index contributed by atoms with van der Waals surface area (Å²) >= 11 is 6.13. The number of aromatic nitrogens is 1. The molecule has 1 heterocycles. The molecule has 1 aromatic heterocycles. The van der Waals surface area contributed by atoms with E-state index < -0.39 is 0 Å². The zero-order valence-corrected chi connectivity index (χ0v) is 14.6. The van der Waals surface area contributed by atoms with Gasteiger partial charge in [0.2, 0.25) is 0 Å². The average Bonchev–Trinajstić information content (AvgIpc) is 2.68. The predicted molar refractivity (Wildman–Crippen MR) is 102 cm³/mol. The zero-order valence-electron chi connectivity index (χ0n) is 13.8. The highest BCUT2D eigenvalue weighted by molar-refractivity contribution is 6.31. The normalized spacial score (nSPS) is 10.7. The Hall–Kier alpha value is -3.18. The molecule has 5 nitrogen and oxygen atoms in total. The van der Waals surface area contributed by atoms with Crippen molar-refractivity contribution in [2.75, 3.05) is 0 Å². The number of rotatable bonds is 6. The lowest BCUT2D eigenvalue weighted by molar-refractivity contribution is 0.0955. The molecule has 130 valence electrons. The summed E-state index contributed by atoms with van der Waals surface area (Å²) in [5.74, 6) is 0.393. The van der Waals surface area contributed by atoms with Gasteiger partial charge in [-0.3, -0.25) is 9.78 Å². The summed E-state index contributed by atoms with van der Waals surface area (Å²) in [6.07, 6.45) is 4.66. The molecule has 0 aliphatic heterocycles. The first-order chi connectivity index (χ1) is 12.7. The van der Waals surface area contributed by atoms with Crippen LogP contribution in [0.5, 0.6) is 5.75 Å². The molecule has 0 saturated carbocycles. The van der Waals surface area contributed by atoms with Crippen LogP contribution < -0.4 is 10.2 Å². The molecule has 1 amide bonds. The van der Waals surface area contributed by atoms with Gasteiger partial charge >= 0.3 is 0 Å². The average molecular weight is 366 g/mol. The quantitative estimate of drug-likeness (QED) is 0.529. The molecule has 0 saturated heterocycles. The monoisotopic (exact) mass is 365 g/mol. The minimum atomic E-state index is -0.297. The molecule has 2 aromatic carbocycles. The molecule has 0 fully saturated rings. The summed E-state index contributed by atoms with van der Waals surface area (Å²) in [6, 6.07) is 18.2. The summed E-state index contributed by atoms with van der Waals surface area (Å²) in [7, 11) is 0. The summed E-state index contributed by atoms with van der Waals surface area (Å²) < 4.78 is 5.77. The molecule has 3 rings (SSSR count). The van der Waals surface area contributed by atoms with Crippen LogP contribution in [0.1, 0.15) is 21.5 Å². The van der Waals surface area contributed by atoms with Crippen LogP contribution in [0.4, 0.5) is 0 Å². The minimum absolute atomic E-state index is 0.297. The third-order valence-corrected chi connectivity index (χ3v) is 3.90. The van der Waals surface area contributed by atoms with E-state index in [4.69, 9.17) is 16.3 Å². The van der Waals surface area contributed by atoms with Crippen molar-refractivity contribution in [2.45, 2.75) is 6.61 Å². The Morgan fingerprint density at radius 3 is 2.73 bits per heavy atom. The third kappa shape index (κ3) is 4.91. The fourth-order valence-electron chi connectivity index (χ4n) is 2.19. The largest absolute Gasteiger partial charge is 0.489 e. The van der Waals surface area contributed by atoms with Gasteiger partial charge in [-0.15, -0.1) is 0 Å². The first kappa shape index (κ1) is 17.6. The molecular formula is C20H16ClN3O2. The molecular weight excluding hydrogens is 350 g/mol. The van der Waals surface area contributed by atoms with Gasteiger partial charge in [0.1, 0.15) is 12.4 Å². The van der Waals surface area contributed by atoms with Crippen LogP contribution in [0, 0.1) is 0 Å². The number of benzene rings is 2. The minimum Gasteiger partial charge on any atom is -0.489 e. The molecule has 0 aliphatic rings. The number of nitrogens with one attached hydrogen (secondary N) is 1. The van der Waals surface area contributed by atoms with Crippen molar-refractivity contribution in [2.24, 2.45) is 5.10 Å². The number of amides is 1. The van der Waals surface area contributed by atoms with Crippen LogP contribution in [-0.4, -0.2) is 17.1 Å². The van der Waals surface area contributed by atoms with E-state index in [1.165, 1.54) is 0 Å². The van der Waals surface area contributed by atoms with Crippen molar-refractivity contribution in [3.63, 3.8) is 0 Å². The number of halogens is 1. The van der Waals surface area contributed by atoms with Crippen molar-refractivity contribution in [1.29, 1.82) is 0 Å². The van der Waals surface area contributed by atoms with Crippen LogP contribution in [0.2, 0.25) is 5.02 Å². The van der Waals surface area contributed by atoms with Gasteiger partial charge in [0.05, 0.1) is 6.21 Å². The zero-order chi connectivity index (χ0) is 18.2. The second-order valence-electron chi connectivity index (χ2n) is 5.39. The second kappa shape index (κ2) is 8.78. The van der Waals surface area contributed by atoms with Crippen molar-refractivity contribution >= 4 is 23.7 Å². The number of carbonyl (C=O) groups is 1. The number of hydrazone groups is 1. The molecule has 0 aliphatic carbocycles. The lowest BCUT2D eigenvalue weighted by atomic mass is 10.2. The molecule has 6 heteroatoms. The molecule has 0 atom stereocenters. The maximum Gasteiger partial charge on any atom is 0.271 e. The summed E-state index contributed by atoms with van der Waals surface area (Å²) in [5.41, 5.74) is 4.69. The Morgan fingerprint density at radius 1 is 1.12 bits per heavy atom. The predicted octanol–water partition coefficient (Wildman–Crippen LogP) is 4.08. The molecule has 0 unspecified atom stereocenters. The van der Waals surface area contributed by atoms with Crippen molar-refractivity contribution < 1.29 is 9.53 Å². The van der Waals surface area contributed by atoms with Crippen LogP contribution >= 0.6 is 11.6 Å². The van der Waals surface area contributed by atoms with E-state index in [1.54, 1.807) is 30.7 Å². The van der Waals surface area contributed by atoms with Gasteiger partial charge in [-0.1, -0.05) is 41.9 Å². The highest BCUT2D eigenvalue weighted by Crippen LogP contribution is 2.19. The van der Waals surface area contributed by atoms with Crippen LogP contribution in [-0.2, 0) is 6.61 Å². The highest BCUT2D eigenvalue weighted by Gasteiger charge is 2.03. The van der Waals surface area contributed by atoms with E-state index in [9.17, 15) is 4.79 Å². The number of nitrogens with zero attached hydrogens (tertiary/aromatic N) is 2. The van der Waals surface area contributed by atoms with Crippen LogP contribution in [0.15, 0.2) is 78.2 Å². The Bertz CT molecular complexity index is 914. The van der Waals surface area contributed by atoms with Gasteiger partial charge in [0, 0.05) is 28.5 Å². The fourth-order valence-corrected chi connectivity index (χ4v) is 2.38. The van der Waals surface area contributed by atoms with Crippen molar-refractivity contribution in [1.82, 2.24) is 10.4 Å². The standard InChI is InChI=1S/C20H16ClN3O2/c21-19-7-2-1-5-17(19)14-26-18-6-3-4-15(12-18)13-23-24-20(25)16-8-10-22-11-9-16/h1-13H,14H2,(H,24,25)/b23-13-. The van der Waals surface area contributed by atoms with E-state index in [0.717, 1.165) is 11.1 Å². The first-order valence-corrected chi connectivity index (χ1v) is 8.30. The van der Waals surface area contributed by atoms with Gasteiger partial charge in [-0.25, -0.2) is 5.43 Å². The fraction of sp³-hybridized carbons (Fsp3) is 0.0500. The highest BCUT2D eigenvalue weighted by atomic mass is 35.5. The van der Waals surface area contributed by atoms with Gasteiger partial charge in [-0.05, 0) is 35.9 Å². The Balaban J connectivity index is 1.58. The third-order valence-electron chi connectivity index (χ3n) is 3.53. The van der Waals surface area contributed by atoms with Crippen molar-refractivity contribution in [3.8, 4) is 5.75 Å². The number of carbonyl (C=O) groups excluding carboxylic acids is 1. The molecule has 26 heavy (non-hydrogen) atoms. The van der Waals surface area contributed by atoms with E-state index in [-0.39, 0.29) is 5.91 Å². The number of pyridine rings is 1. The SMILES string of the molecule is O=C(N/N=C\c1cccc(OCc2ccccc2Cl)c1)c1ccncc1. The Labute approximate surface area is 156 Å². The first-order valence-electron chi connectivity index (χ1n) is 7.92. The van der Waals surface area contributed by atoms with Gasteiger partial charge in [0.15, 0.2) is 0 Å². The van der Waals surface area contributed by atoms with Gasteiger partial charge in [0.25, 0.3) is 5.91 Å². The lowest BCUT2D eigenvalue weighted by Gasteiger charge is -2.08. The summed E-state index contributed by atoms with van der Waals surface area (Å²) in [4.78, 5) is 15.8. The van der Waals surface area contributed by atoms with Crippen molar-refractivity contribution in [3.05, 3.63) is 94.8 Å². The summed E-state index contributed by atoms with van der Waals surface area (Å²) in [5, 5.41) is 4.64. The van der Waals surface area contributed by atoms with E-state index in [0.29, 0.717) is 22.9 Å². The Morgan fingerprint density at radius 2 is 1.92 bits per heavy atom. The van der Waals surface area contributed by atoms with Gasteiger partial charge < -0.3 is 4.74 Å². The summed E-state index contributed by atoms with van der Waals surface area (Å²) in [6.45, 7) is 0.374. The van der Waals surface area contributed by atoms with Gasteiger partial charge in [-0.2, -0.15) is 5.10 Å². The van der Waals surface area contributed by atoms with E-state index in [2.05, 4.69) is 15.5 Å². The van der Waals surface area contributed by atoms with E-state index in [1.807, 2.05) is 48.5 Å². The molecule has 0 radical (unpaired) electrons. The lowest BCUT2D eigenvalue weighted by Crippen LogP contribution is -2.17. The molecule has 0 bridgehead atoms. The Kier molecular flexibility index (Phi) is 5.96. The van der Waals surface area contributed by atoms with Crippen LogP contribution in [0.3, 0.4) is 0 Å². The maximum atomic E-state index is 11.9. The number of ether oxygens (including phenoxy) is 1. The molecule has 3 aromatic rings. The van der Waals surface area contributed by atoms with E-state index >= 15 is 0 Å². The molecule has 0 spiro atoms. The smallest absolute Gasteiger partial charge is 0.271 e. The number of hydrogen-bond acceptors (Lipinski definition) is 4. The number of hydrogen-bond donors (Lipinski definition) is 1. The maximum absolute atomic E-state index is 11.9. The van der Waals surface area contributed by atoms with Crippen LogP contribution in [0.25, 0.3) is 0 Å². The molecule has 1 N–H and O–H groups in total.